The van der Waals surface area contributed by atoms with Crippen LogP contribution < -0.4 is 10.9 Å². The van der Waals surface area contributed by atoms with Crippen molar-refractivity contribution >= 4 is 22.5 Å². The molecule has 6 nitrogen and oxygen atoms in total. The van der Waals surface area contributed by atoms with Crippen LogP contribution in [0.3, 0.4) is 0 Å². The molecule has 6 heteroatoms. The Kier molecular flexibility index (Phi) is 4.47. The Morgan fingerprint density at radius 1 is 1.04 bits per heavy atom. The predicted molar refractivity (Wildman–Crippen MR) is 109 cm³/mol. The summed E-state index contributed by atoms with van der Waals surface area (Å²) < 4.78 is 3.75. The summed E-state index contributed by atoms with van der Waals surface area (Å²) in [5, 5.41) is 3.94. The van der Waals surface area contributed by atoms with E-state index < -0.39 is 6.04 Å². The van der Waals surface area contributed by atoms with Gasteiger partial charge in [0.15, 0.2) is 5.65 Å². The van der Waals surface area contributed by atoms with E-state index in [9.17, 15) is 9.59 Å². The lowest BCUT2D eigenvalue weighted by molar-refractivity contribution is -0.124. The summed E-state index contributed by atoms with van der Waals surface area (Å²) in [5.41, 5.74) is 2.93. The Morgan fingerprint density at radius 3 is 2.46 bits per heavy atom. The Labute approximate surface area is 162 Å². The Balaban J connectivity index is 1.79. The minimum atomic E-state index is -0.489. The van der Waals surface area contributed by atoms with Crippen molar-refractivity contribution in [3.05, 3.63) is 82.3 Å². The molecule has 2 heterocycles. The van der Waals surface area contributed by atoms with Crippen LogP contribution >= 0.6 is 0 Å². The van der Waals surface area contributed by atoms with Crippen molar-refractivity contribution in [2.24, 2.45) is 0 Å². The molecule has 0 saturated carbocycles. The van der Waals surface area contributed by atoms with Crippen molar-refractivity contribution in [1.82, 2.24) is 19.5 Å². The third-order valence-electron chi connectivity index (χ3n) is 5.10. The van der Waals surface area contributed by atoms with Gasteiger partial charge in [-0.15, -0.1) is 0 Å². The molecule has 28 heavy (non-hydrogen) atoms. The fraction of sp³-hybridized carbons (Fsp3) is 0.227. The molecule has 1 N–H and O–H groups in total. The highest BCUT2D eigenvalue weighted by Gasteiger charge is 2.23. The lowest BCUT2D eigenvalue weighted by atomic mass is 10.1. The maximum Gasteiger partial charge on any atom is 0.273 e. The summed E-state index contributed by atoms with van der Waals surface area (Å²) >= 11 is 0. The smallest absolute Gasteiger partial charge is 0.273 e. The van der Waals surface area contributed by atoms with Crippen LogP contribution in [0, 0.1) is 6.92 Å². The first-order chi connectivity index (χ1) is 13.5. The zero-order valence-corrected chi connectivity index (χ0v) is 16.1. The predicted octanol–water partition coefficient (Wildman–Crippen LogP) is 3.40. The van der Waals surface area contributed by atoms with Crippen molar-refractivity contribution in [1.29, 1.82) is 0 Å². The van der Waals surface area contributed by atoms with Gasteiger partial charge in [0.2, 0.25) is 5.91 Å². The number of carbonyl (C=O) groups is 1. The minimum Gasteiger partial charge on any atom is -0.348 e. The number of amides is 1. The first-order valence-electron chi connectivity index (χ1n) is 9.32. The van der Waals surface area contributed by atoms with Crippen LogP contribution in [-0.2, 0) is 4.79 Å². The van der Waals surface area contributed by atoms with Crippen LogP contribution in [-0.4, -0.2) is 20.1 Å². The molecule has 2 aromatic heterocycles. The molecule has 0 aliphatic rings. The van der Waals surface area contributed by atoms with Crippen LogP contribution in [0.25, 0.3) is 16.6 Å². The molecule has 0 aliphatic heterocycles. The Hall–Kier alpha value is -3.41. The molecular formula is C22H22N4O2. The second kappa shape index (κ2) is 6.96. The van der Waals surface area contributed by atoms with E-state index in [1.165, 1.54) is 6.07 Å². The summed E-state index contributed by atoms with van der Waals surface area (Å²) in [7, 11) is 0. The van der Waals surface area contributed by atoms with Gasteiger partial charge in [-0.25, -0.2) is 4.52 Å². The number of benzene rings is 2. The van der Waals surface area contributed by atoms with Crippen LogP contribution in [0.1, 0.15) is 37.2 Å². The molecule has 4 aromatic rings. The number of aryl methyl sites for hydroxylation is 1. The van der Waals surface area contributed by atoms with Gasteiger partial charge in [-0.2, -0.15) is 4.98 Å². The van der Waals surface area contributed by atoms with E-state index in [1.807, 2.05) is 84.6 Å². The molecule has 0 radical (unpaired) electrons. The van der Waals surface area contributed by atoms with Crippen molar-refractivity contribution in [2.45, 2.75) is 32.9 Å². The van der Waals surface area contributed by atoms with Gasteiger partial charge in [-0.3, -0.25) is 14.3 Å². The first-order valence-corrected chi connectivity index (χ1v) is 9.32. The average Bonchev–Trinajstić information content (AvgIpc) is 3.02. The second-order valence-electron chi connectivity index (χ2n) is 7.05. The minimum absolute atomic E-state index is 0.0999. The number of nitrogens with zero attached hydrogens (tertiary/aromatic N) is 3. The van der Waals surface area contributed by atoms with Crippen molar-refractivity contribution in [2.75, 3.05) is 0 Å². The van der Waals surface area contributed by atoms with Crippen LogP contribution in [0.2, 0.25) is 0 Å². The number of para-hydroxylation sites is 1. The highest BCUT2D eigenvalue weighted by atomic mass is 16.2. The van der Waals surface area contributed by atoms with Gasteiger partial charge >= 0.3 is 0 Å². The van der Waals surface area contributed by atoms with Gasteiger partial charge < -0.3 is 5.32 Å². The normalized spacial score (nSPS) is 13.5. The highest BCUT2D eigenvalue weighted by Crippen LogP contribution is 2.25. The number of hydrogen-bond acceptors (Lipinski definition) is 3. The molecule has 0 bridgehead atoms. The zero-order valence-electron chi connectivity index (χ0n) is 16.1. The van der Waals surface area contributed by atoms with Crippen LogP contribution in [0.4, 0.5) is 0 Å². The van der Waals surface area contributed by atoms with Crippen molar-refractivity contribution in [3.8, 4) is 0 Å². The number of fused-ring (bicyclic) bond motifs is 3. The Morgan fingerprint density at radius 2 is 1.71 bits per heavy atom. The first kappa shape index (κ1) is 18.0. The van der Waals surface area contributed by atoms with E-state index in [4.69, 9.17) is 0 Å². The molecule has 2 atom stereocenters. The monoisotopic (exact) mass is 374 g/mol. The largest absolute Gasteiger partial charge is 0.348 e. The van der Waals surface area contributed by atoms with Gasteiger partial charge in [0.05, 0.1) is 11.6 Å². The zero-order chi connectivity index (χ0) is 19.8. The molecule has 2 aromatic carbocycles. The fourth-order valence-corrected chi connectivity index (χ4v) is 3.66. The summed E-state index contributed by atoms with van der Waals surface area (Å²) in [6, 6.07) is 18.4. The average molecular weight is 374 g/mol. The second-order valence-corrected chi connectivity index (χ2v) is 7.05. The van der Waals surface area contributed by atoms with Gasteiger partial charge in [-0.1, -0.05) is 42.5 Å². The number of aromatic nitrogens is 3. The molecular weight excluding hydrogens is 352 g/mol. The van der Waals surface area contributed by atoms with E-state index >= 15 is 0 Å². The fourth-order valence-electron chi connectivity index (χ4n) is 3.66. The van der Waals surface area contributed by atoms with E-state index in [0.29, 0.717) is 5.65 Å². The third-order valence-corrected chi connectivity index (χ3v) is 5.10. The van der Waals surface area contributed by atoms with Crippen molar-refractivity contribution in [3.63, 3.8) is 0 Å². The summed E-state index contributed by atoms with van der Waals surface area (Å²) in [4.78, 5) is 29.2. The lowest BCUT2D eigenvalue weighted by Gasteiger charge is -2.21. The van der Waals surface area contributed by atoms with E-state index in [0.717, 1.165) is 22.2 Å². The summed E-state index contributed by atoms with van der Waals surface area (Å²) in [5.74, 6) is -0.0999. The summed E-state index contributed by atoms with van der Waals surface area (Å²) in [6.07, 6.45) is 0. The van der Waals surface area contributed by atoms with Crippen molar-refractivity contribution < 1.29 is 4.79 Å². The lowest BCUT2D eigenvalue weighted by Crippen LogP contribution is -2.34. The maximum atomic E-state index is 13.1. The quantitative estimate of drug-likeness (QED) is 0.595. The number of carbonyl (C=O) groups excluding carboxylic acids is 1. The SMILES string of the molecule is Cc1cc(=O)nc2c3ccccc3n([C@@H](C)C(=O)N[C@@H](C)c3ccccc3)n12. The number of rotatable bonds is 4. The highest BCUT2D eigenvalue weighted by molar-refractivity contribution is 5.94. The Bertz CT molecular complexity index is 1220. The van der Waals surface area contributed by atoms with Gasteiger partial charge in [0.1, 0.15) is 6.04 Å². The molecule has 0 aliphatic carbocycles. The van der Waals surface area contributed by atoms with Gasteiger partial charge in [-0.05, 0) is 38.5 Å². The van der Waals surface area contributed by atoms with Crippen LogP contribution in [0.5, 0.6) is 0 Å². The molecule has 0 spiro atoms. The number of nitrogens with one attached hydrogen (secondary N) is 1. The molecule has 4 rings (SSSR count). The molecule has 0 saturated heterocycles. The molecule has 0 fully saturated rings. The topological polar surface area (TPSA) is 68.4 Å². The maximum absolute atomic E-state index is 13.1. The standard InChI is InChI=1S/C22H22N4O2/c1-14-13-20(27)24-21-18-11-7-8-12-19(18)26(25(14)21)16(3)22(28)23-15(2)17-9-5-4-6-10-17/h4-13,15-16H,1-3H3,(H,23,28)/t15-,16-/m0/s1. The number of hydrogen-bond donors (Lipinski definition) is 1. The van der Waals surface area contributed by atoms with E-state index in [1.54, 1.807) is 0 Å². The van der Waals surface area contributed by atoms with Gasteiger partial charge in [0.25, 0.3) is 5.56 Å². The molecule has 1 amide bonds. The van der Waals surface area contributed by atoms with Gasteiger partial charge in [0, 0.05) is 17.1 Å². The van der Waals surface area contributed by atoms with E-state index in [2.05, 4.69) is 10.3 Å². The third kappa shape index (κ3) is 2.97. The summed E-state index contributed by atoms with van der Waals surface area (Å²) in [6.45, 7) is 5.68. The van der Waals surface area contributed by atoms with Crippen LogP contribution in [0.15, 0.2) is 65.5 Å². The van der Waals surface area contributed by atoms with E-state index in [-0.39, 0.29) is 17.5 Å². The molecule has 142 valence electrons. The molecule has 0 unspecified atom stereocenters.